The molecule has 0 fully saturated rings. The summed E-state index contributed by atoms with van der Waals surface area (Å²) in [5, 5.41) is 4.91. The highest BCUT2D eigenvalue weighted by Gasteiger charge is 2.05. The maximum atomic E-state index is 12.2. The van der Waals surface area contributed by atoms with Crippen molar-refractivity contribution >= 4 is 35.2 Å². The Kier molecular flexibility index (Phi) is 6.64. The molecule has 136 valence electrons. The van der Waals surface area contributed by atoms with Gasteiger partial charge in [0, 0.05) is 27.6 Å². The molecule has 3 rings (SSSR count). The van der Waals surface area contributed by atoms with Gasteiger partial charge in [-0.2, -0.15) is 0 Å². The number of halogens is 2. The largest absolute Gasteiger partial charge is 0.391 e. The summed E-state index contributed by atoms with van der Waals surface area (Å²) in [6.07, 6.45) is 1.62. The zero-order valence-corrected chi connectivity index (χ0v) is 16.0. The Hall–Kier alpha value is -2.62. The van der Waals surface area contributed by atoms with Crippen LogP contribution in [0.3, 0.4) is 0 Å². The first-order chi connectivity index (χ1) is 13.1. The predicted molar refractivity (Wildman–Crippen MR) is 111 cm³/mol. The van der Waals surface area contributed by atoms with Crippen LogP contribution >= 0.6 is 23.2 Å². The van der Waals surface area contributed by atoms with Gasteiger partial charge in [0.15, 0.2) is 5.78 Å². The molecule has 27 heavy (non-hydrogen) atoms. The lowest BCUT2D eigenvalue weighted by Gasteiger charge is -2.04. The zero-order chi connectivity index (χ0) is 19.1. The summed E-state index contributed by atoms with van der Waals surface area (Å²) in [7, 11) is 0. The third kappa shape index (κ3) is 5.43. The lowest BCUT2D eigenvalue weighted by Crippen LogP contribution is -1.99. The van der Waals surface area contributed by atoms with E-state index in [1.54, 1.807) is 18.2 Å². The Morgan fingerprint density at radius 1 is 0.926 bits per heavy atom. The number of oxime groups is 1. The minimum Gasteiger partial charge on any atom is -0.391 e. The highest BCUT2D eigenvalue weighted by molar-refractivity contribution is 6.35. The topological polar surface area (TPSA) is 38.7 Å². The maximum absolute atomic E-state index is 12.2. The van der Waals surface area contributed by atoms with Crippen molar-refractivity contribution in [3.8, 4) is 11.1 Å². The van der Waals surface area contributed by atoms with Crippen LogP contribution in [-0.4, -0.2) is 12.0 Å². The van der Waals surface area contributed by atoms with Crippen LogP contribution in [0.1, 0.15) is 22.3 Å². The monoisotopic (exact) mass is 397 g/mol. The van der Waals surface area contributed by atoms with E-state index in [0.29, 0.717) is 15.6 Å². The van der Waals surface area contributed by atoms with Gasteiger partial charge in [-0.3, -0.25) is 4.79 Å². The van der Waals surface area contributed by atoms with Crippen LogP contribution in [0.25, 0.3) is 11.1 Å². The van der Waals surface area contributed by atoms with Gasteiger partial charge in [0.05, 0.1) is 6.21 Å². The quantitative estimate of drug-likeness (QED) is 0.261. The minimum atomic E-state index is -0.0218. The molecule has 0 radical (unpaired) electrons. The van der Waals surface area contributed by atoms with Crippen molar-refractivity contribution in [1.29, 1.82) is 0 Å². The van der Waals surface area contributed by atoms with E-state index in [2.05, 4.69) is 5.16 Å². The SMILES string of the molecule is O=C(CC=NOCc1ccc(Cl)cc1Cl)c1ccc(-c2ccccc2)cc1. The number of Topliss-reactive ketones (excluding diaryl/α,β-unsaturated/α-hetero) is 1. The lowest BCUT2D eigenvalue weighted by molar-refractivity contribution is 0.0996. The van der Waals surface area contributed by atoms with Crippen LogP contribution in [0, 0.1) is 0 Å². The van der Waals surface area contributed by atoms with Gasteiger partial charge in [-0.1, -0.05) is 89.0 Å². The number of rotatable bonds is 7. The predicted octanol–water partition coefficient (Wildman–Crippen LogP) is 6.44. The van der Waals surface area contributed by atoms with E-state index >= 15 is 0 Å². The summed E-state index contributed by atoms with van der Waals surface area (Å²) in [5.41, 5.74) is 3.61. The van der Waals surface area contributed by atoms with Crippen molar-refractivity contribution < 1.29 is 9.63 Å². The highest BCUT2D eigenvalue weighted by atomic mass is 35.5. The molecule has 3 aromatic carbocycles. The summed E-state index contributed by atoms with van der Waals surface area (Å²) in [5.74, 6) is -0.0218. The molecule has 0 unspecified atom stereocenters. The standard InChI is InChI=1S/C22H17Cl2NO2/c23-20-11-10-19(21(24)14-20)15-27-25-13-12-22(26)18-8-6-17(7-9-18)16-4-2-1-3-5-16/h1-11,13-14H,12,15H2. The van der Waals surface area contributed by atoms with Gasteiger partial charge in [-0.25, -0.2) is 0 Å². The maximum Gasteiger partial charge on any atom is 0.168 e. The number of benzene rings is 3. The van der Waals surface area contributed by atoms with Gasteiger partial charge in [-0.15, -0.1) is 0 Å². The van der Waals surface area contributed by atoms with Gasteiger partial charge >= 0.3 is 0 Å². The molecule has 0 aliphatic heterocycles. The number of nitrogens with zero attached hydrogens (tertiary/aromatic N) is 1. The van der Waals surface area contributed by atoms with E-state index in [4.69, 9.17) is 28.0 Å². The van der Waals surface area contributed by atoms with Crippen LogP contribution in [0.4, 0.5) is 0 Å². The summed E-state index contributed by atoms with van der Waals surface area (Å²) >= 11 is 11.9. The van der Waals surface area contributed by atoms with Crippen molar-refractivity contribution in [2.45, 2.75) is 13.0 Å². The van der Waals surface area contributed by atoms with E-state index in [-0.39, 0.29) is 18.8 Å². The number of hydrogen-bond donors (Lipinski definition) is 0. The van der Waals surface area contributed by atoms with Crippen molar-refractivity contribution in [3.05, 3.63) is 94.0 Å². The van der Waals surface area contributed by atoms with Crippen LogP contribution in [0.2, 0.25) is 10.0 Å². The van der Waals surface area contributed by atoms with E-state index in [9.17, 15) is 4.79 Å². The fourth-order valence-electron chi connectivity index (χ4n) is 2.52. The molecular weight excluding hydrogens is 381 g/mol. The third-order valence-electron chi connectivity index (χ3n) is 3.97. The second-order valence-electron chi connectivity index (χ2n) is 5.87. The molecule has 0 aliphatic rings. The molecular formula is C22H17Cl2NO2. The fourth-order valence-corrected chi connectivity index (χ4v) is 2.98. The number of carbonyl (C=O) groups excluding carboxylic acids is 1. The van der Waals surface area contributed by atoms with Crippen LogP contribution in [0.5, 0.6) is 0 Å². The second kappa shape index (κ2) is 9.36. The first kappa shape index (κ1) is 19.2. The summed E-state index contributed by atoms with van der Waals surface area (Å²) < 4.78 is 0. The molecule has 3 nitrogen and oxygen atoms in total. The van der Waals surface area contributed by atoms with Gasteiger partial charge in [0.2, 0.25) is 0 Å². The molecule has 0 saturated heterocycles. The van der Waals surface area contributed by atoms with Crippen molar-refractivity contribution in [2.24, 2.45) is 5.16 Å². The van der Waals surface area contributed by atoms with E-state index in [0.717, 1.165) is 16.7 Å². The molecule has 3 aromatic rings. The normalized spacial score (nSPS) is 10.9. The van der Waals surface area contributed by atoms with E-state index in [1.807, 2.05) is 54.6 Å². The number of hydrogen-bond acceptors (Lipinski definition) is 3. The third-order valence-corrected chi connectivity index (χ3v) is 4.56. The summed E-state index contributed by atoms with van der Waals surface area (Å²) in [6, 6.07) is 22.7. The average Bonchev–Trinajstić information content (AvgIpc) is 2.70. The molecule has 0 spiro atoms. The molecule has 0 amide bonds. The molecule has 0 bridgehead atoms. The Balaban J connectivity index is 1.51. The molecule has 0 N–H and O–H groups in total. The first-order valence-electron chi connectivity index (χ1n) is 8.40. The fraction of sp³-hybridized carbons (Fsp3) is 0.0909. The molecule has 0 heterocycles. The molecule has 5 heteroatoms. The minimum absolute atomic E-state index is 0.0218. The van der Waals surface area contributed by atoms with Gasteiger partial charge in [0.25, 0.3) is 0 Å². The smallest absolute Gasteiger partial charge is 0.168 e. The second-order valence-corrected chi connectivity index (χ2v) is 6.71. The highest BCUT2D eigenvalue weighted by Crippen LogP contribution is 2.22. The van der Waals surface area contributed by atoms with Gasteiger partial charge in [0.1, 0.15) is 6.61 Å². The first-order valence-corrected chi connectivity index (χ1v) is 9.15. The van der Waals surface area contributed by atoms with Crippen molar-refractivity contribution in [1.82, 2.24) is 0 Å². The van der Waals surface area contributed by atoms with Gasteiger partial charge < -0.3 is 4.84 Å². The number of carbonyl (C=O) groups is 1. The Morgan fingerprint density at radius 3 is 2.33 bits per heavy atom. The summed E-state index contributed by atoms with van der Waals surface area (Å²) in [4.78, 5) is 17.4. The zero-order valence-electron chi connectivity index (χ0n) is 14.4. The van der Waals surface area contributed by atoms with Crippen LogP contribution < -0.4 is 0 Å². The van der Waals surface area contributed by atoms with E-state index in [1.165, 1.54) is 6.21 Å². The molecule has 0 aliphatic carbocycles. The Morgan fingerprint density at radius 2 is 1.63 bits per heavy atom. The number of ketones is 1. The van der Waals surface area contributed by atoms with Crippen LogP contribution in [0.15, 0.2) is 78.0 Å². The van der Waals surface area contributed by atoms with E-state index < -0.39 is 0 Å². The Bertz CT molecular complexity index is 938. The molecule has 0 atom stereocenters. The summed E-state index contributed by atoms with van der Waals surface area (Å²) in [6.45, 7) is 0.215. The molecule has 0 aromatic heterocycles. The van der Waals surface area contributed by atoms with Crippen LogP contribution in [-0.2, 0) is 11.4 Å². The van der Waals surface area contributed by atoms with Crippen molar-refractivity contribution in [3.63, 3.8) is 0 Å². The lowest BCUT2D eigenvalue weighted by atomic mass is 10.0. The van der Waals surface area contributed by atoms with Gasteiger partial charge in [-0.05, 0) is 23.3 Å². The van der Waals surface area contributed by atoms with Crippen molar-refractivity contribution in [2.75, 3.05) is 0 Å². The Labute approximate surface area is 168 Å². The molecule has 0 saturated carbocycles. The average molecular weight is 398 g/mol.